The molecule has 0 radical (unpaired) electrons. The molecule has 1 rings (SSSR count). The molecule has 1 atom stereocenters. The molecule has 1 fully saturated rings. The van der Waals surface area contributed by atoms with Crippen molar-refractivity contribution in [2.75, 3.05) is 32.8 Å². The predicted octanol–water partition coefficient (Wildman–Crippen LogP) is 6.10. The number of carbonyl (C=O) groups is 3. The Labute approximate surface area is 208 Å². The molecule has 0 aromatic rings. The predicted molar refractivity (Wildman–Crippen MR) is 137 cm³/mol. The van der Waals surface area contributed by atoms with Crippen LogP contribution in [0.3, 0.4) is 0 Å². The van der Waals surface area contributed by atoms with Gasteiger partial charge in [-0.2, -0.15) is 0 Å². The lowest BCUT2D eigenvalue weighted by Crippen LogP contribution is -2.31. The van der Waals surface area contributed by atoms with Gasteiger partial charge in [-0.3, -0.25) is 9.59 Å². The Morgan fingerprint density at radius 1 is 0.882 bits per heavy atom. The number of unbranched alkanes of at least 4 members (excludes halogenated alkanes) is 5. The van der Waals surface area contributed by atoms with Crippen LogP contribution in [-0.2, 0) is 23.9 Å². The van der Waals surface area contributed by atoms with E-state index in [-0.39, 0.29) is 17.9 Å². The third-order valence-electron chi connectivity index (χ3n) is 6.97. The standard InChI is InChI=1S/C28H51NO5/c1-3-5-7-8-16-26(15-6-4-2)28(32)34-24-10-9-23-33-27(31)18-21-29(19-12-22-30)20-17-25-13-11-14-25/h22,25-26H,3-21,23-24H2,1-2H3. The van der Waals surface area contributed by atoms with E-state index in [9.17, 15) is 14.4 Å². The second-order valence-corrected chi connectivity index (χ2v) is 9.92. The highest BCUT2D eigenvalue weighted by atomic mass is 16.5. The van der Waals surface area contributed by atoms with Gasteiger partial charge in [0.1, 0.15) is 6.29 Å². The smallest absolute Gasteiger partial charge is 0.308 e. The van der Waals surface area contributed by atoms with Gasteiger partial charge in [0.05, 0.1) is 25.6 Å². The molecule has 0 heterocycles. The van der Waals surface area contributed by atoms with Crippen molar-refractivity contribution in [3.63, 3.8) is 0 Å². The van der Waals surface area contributed by atoms with Crippen LogP contribution < -0.4 is 0 Å². The lowest BCUT2D eigenvalue weighted by atomic mass is 9.83. The fourth-order valence-electron chi connectivity index (χ4n) is 4.37. The van der Waals surface area contributed by atoms with E-state index < -0.39 is 0 Å². The molecule has 34 heavy (non-hydrogen) atoms. The number of carbonyl (C=O) groups excluding carboxylic acids is 3. The summed E-state index contributed by atoms with van der Waals surface area (Å²) >= 11 is 0. The zero-order valence-electron chi connectivity index (χ0n) is 22.1. The summed E-state index contributed by atoms with van der Waals surface area (Å²) in [6, 6.07) is 0. The van der Waals surface area contributed by atoms with E-state index in [1.807, 2.05) is 0 Å². The van der Waals surface area contributed by atoms with Gasteiger partial charge in [-0.25, -0.2) is 0 Å². The van der Waals surface area contributed by atoms with Crippen LogP contribution in [0.4, 0.5) is 0 Å². The Bertz CT molecular complexity index is 535. The average Bonchev–Trinajstić information content (AvgIpc) is 2.80. The lowest BCUT2D eigenvalue weighted by molar-refractivity contribution is -0.150. The summed E-state index contributed by atoms with van der Waals surface area (Å²) in [6.45, 7) is 7.43. The van der Waals surface area contributed by atoms with Crippen molar-refractivity contribution in [3.8, 4) is 0 Å². The molecule has 198 valence electrons. The number of rotatable bonds is 23. The minimum absolute atomic E-state index is 0.0288. The minimum Gasteiger partial charge on any atom is -0.466 e. The van der Waals surface area contributed by atoms with Gasteiger partial charge in [0, 0.05) is 19.5 Å². The maximum atomic E-state index is 12.5. The molecule has 1 saturated carbocycles. The van der Waals surface area contributed by atoms with Crippen LogP contribution in [0, 0.1) is 11.8 Å². The molecular formula is C28H51NO5. The molecule has 1 unspecified atom stereocenters. The van der Waals surface area contributed by atoms with Crippen LogP contribution in [0.5, 0.6) is 0 Å². The molecule has 0 aromatic carbocycles. The normalized spacial score (nSPS) is 14.6. The Morgan fingerprint density at radius 2 is 1.59 bits per heavy atom. The van der Waals surface area contributed by atoms with Crippen molar-refractivity contribution in [1.29, 1.82) is 0 Å². The second-order valence-electron chi connectivity index (χ2n) is 9.92. The van der Waals surface area contributed by atoms with Gasteiger partial charge in [0.15, 0.2) is 0 Å². The van der Waals surface area contributed by atoms with E-state index in [0.717, 1.165) is 57.3 Å². The molecule has 0 amide bonds. The fourth-order valence-corrected chi connectivity index (χ4v) is 4.37. The fraction of sp³-hybridized carbons (Fsp3) is 0.893. The van der Waals surface area contributed by atoms with Gasteiger partial charge < -0.3 is 19.2 Å². The Balaban J connectivity index is 2.14. The monoisotopic (exact) mass is 481 g/mol. The maximum absolute atomic E-state index is 12.5. The quantitative estimate of drug-likeness (QED) is 0.0997. The third-order valence-corrected chi connectivity index (χ3v) is 6.97. The van der Waals surface area contributed by atoms with Crippen LogP contribution in [-0.4, -0.2) is 56.0 Å². The minimum atomic E-state index is -0.191. The van der Waals surface area contributed by atoms with Crippen LogP contribution in [0.25, 0.3) is 0 Å². The number of ether oxygens (including phenoxy) is 2. The first-order valence-corrected chi connectivity index (χ1v) is 14.1. The number of hydrogen-bond acceptors (Lipinski definition) is 6. The summed E-state index contributed by atoms with van der Waals surface area (Å²) in [6.07, 6.45) is 17.1. The molecule has 1 aliphatic carbocycles. The highest BCUT2D eigenvalue weighted by Crippen LogP contribution is 2.29. The van der Waals surface area contributed by atoms with Gasteiger partial charge in [0.25, 0.3) is 0 Å². The number of esters is 2. The van der Waals surface area contributed by atoms with Crippen LogP contribution >= 0.6 is 0 Å². The second kappa shape index (κ2) is 20.9. The molecule has 0 bridgehead atoms. The first-order valence-electron chi connectivity index (χ1n) is 14.1. The van der Waals surface area contributed by atoms with E-state index in [2.05, 4.69) is 18.7 Å². The third kappa shape index (κ3) is 15.5. The van der Waals surface area contributed by atoms with Gasteiger partial charge in [-0.15, -0.1) is 0 Å². The molecule has 0 aliphatic heterocycles. The van der Waals surface area contributed by atoms with Crippen molar-refractivity contribution in [2.45, 2.75) is 117 Å². The molecule has 0 aromatic heterocycles. The Morgan fingerprint density at radius 3 is 2.24 bits per heavy atom. The number of nitrogens with zero attached hydrogens (tertiary/aromatic N) is 1. The van der Waals surface area contributed by atoms with E-state index >= 15 is 0 Å². The maximum Gasteiger partial charge on any atom is 0.308 e. The zero-order valence-corrected chi connectivity index (χ0v) is 22.1. The zero-order chi connectivity index (χ0) is 24.9. The van der Waals surface area contributed by atoms with Crippen molar-refractivity contribution in [3.05, 3.63) is 0 Å². The molecule has 0 saturated heterocycles. The molecule has 1 aliphatic rings. The van der Waals surface area contributed by atoms with Crippen molar-refractivity contribution < 1.29 is 23.9 Å². The summed E-state index contributed by atoms with van der Waals surface area (Å²) in [4.78, 5) is 37.5. The van der Waals surface area contributed by atoms with Crippen LogP contribution in [0.15, 0.2) is 0 Å². The van der Waals surface area contributed by atoms with Gasteiger partial charge in [0.2, 0.25) is 0 Å². The topological polar surface area (TPSA) is 72.9 Å². The summed E-state index contributed by atoms with van der Waals surface area (Å²) in [7, 11) is 0. The van der Waals surface area contributed by atoms with Gasteiger partial charge in [-0.05, 0) is 44.6 Å². The summed E-state index contributed by atoms with van der Waals surface area (Å²) in [5, 5.41) is 0. The molecule has 0 spiro atoms. The van der Waals surface area contributed by atoms with Crippen molar-refractivity contribution >= 4 is 18.2 Å². The van der Waals surface area contributed by atoms with E-state index in [0.29, 0.717) is 52.0 Å². The molecule has 6 heteroatoms. The van der Waals surface area contributed by atoms with E-state index in [4.69, 9.17) is 9.47 Å². The average molecular weight is 482 g/mol. The molecular weight excluding hydrogens is 430 g/mol. The molecule has 6 nitrogen and oxygen atoms in total. The van der Waals surface area contributed by atoms with Crippen LogP contribution in [0.2, 0.25) is 0 Å². The summed E-state index contributed by atoms with van der Waals surface area (Å²) < 4.78 is 10.9. The van der Waals surface area contributed by atoms with E-state index in [1.165, 1.54) is 38.5 Å². The van der Waals surface area contributed by atoms with Gasteiger partial charge >= 0.3 is 11.9 Å². The largest absolute Gasteiger partial charge is 0.466 e. The highest BCUT2D eigenvalue weighted by molar-refractivity contribution is 5.72. The SMILES string of the molecule is CCCCCCC(CCCC)C(=O)OCCCCOC(=O)CCN(CCC=O)CCC1CCC1. The first-order chi connectivity index (χ1) is 16.6. The molecule has 0 N–H and O–H groups in total. The van der Waals surface area contributed by atoms with Gasteiger partial charge in [-0.1, -0.05) is 71.6 Å². The van der Waals surface area contributed by atoms with E-state index in [1.54, 1.807) is 0 Å². The van der Waals surface area contributed by atoms with Crippen molar-refractivity contribution in [2.24, 2.45) is 11.8 Å². The Kier molecular flexibility index (Phi) is 18.8. The van der Waals surface area contributed by atoms with Crippen molar-refractivity contribution in [1.82, 2.24) is 4.90 Å². The number of hydrogen-bond donors (Lipinski definition) is 0. The highest BCUT2D eigenvalue weighted by Gasteiger charge is 2.20. The lowest BCUT2D eigenvalue weighted by Gasteiger charge is -2.29. The Hall–Kier alpha value is -1.43. The first kappa shape index (κ1) is 30.6. The number of aldehydes is 1. The summed E-state index contributed by atoms with van der Waals surface area (Å²) in [5.74, 6) is 0.603. The van der Waals surface area contributed by atoms with Crippen LogP contribution in [0.1, 0.15) is 117 Å². The summed E-state index contributed by atoms with van der Waals surface area (Å²) in [5.41, 5.74) is 0.